The highest BCUT2D eigenvalue weighted by atomic mass is 32.2. The Morgan fingerprint density at radius 3 is 2.32 bits per heavy atom. The zero-order chi connectivity index (χ0) is 24.7. The van der Waals surface area contributed by atoms with Crippen LogP contribution in [0.1, 0.15) is 36.5 Å². The minimum Gasteiger partial charge on any atom is -0.493 e. The minimum absolute atomic E-state index is 0.0811. The number of amides is 1. The summed E-state index contributed by atoms with van der Waals surface area (Å²) in [6, 6.07) is 11.0. The number of nitrogens with zero attached hydrogens (tertiary/aromatic N) is 2. The van der Waals surface area contributed by atoms with Gasteiger partial charge in [0, 0.05) is 25.2 Å². The van der Waals surface area contributed by atoms with Gasteiger partial charge in [0.2, 0.25) is 0 Å². The average Bonchev–Trinajstić information content (AvgIpc) is 2.86. The molecule has 1 amide bonds. The number of ether oxygens (including phenoxy) is 2. The quantitative estimate of drug-likeness (QED) is 0.515. The molecule has 9 heteroatoms. The van der Waals surface area contributed by atoms with E-state index in [0.717, 1.165) is 32.0 Å². The molecule has 1 aliphatic heterocycles. The van der Waals surface area contributed by atoms with Crippen molar-refractivity contribution in [1.82, 2.24) is 10.2 Å². The maximum atomic E-state index is 13.1. The number of likely N-dealkylation sites (tertiary alicyclic amines) is 1. The summed E-state index contributed by atoms with van der Waals surface area (Å²) in [5, 5.41) is 2.95. The molecule has 1 heterocycles. The predicted molar refractivity (Wildman–Crippen MR) is 133 cm³/mol. The molecule has 0 aromatic heterocycles. The van der Waals surface area contributed by atoms with E-state index in [4.69, 9.17) is 9.47 Å². The van der Waals surface area contributed by atoms with Gasteiger partial charge in [-0.2, -0.15) is 0 Å². The van der Waals surface area contributed by atoms with Gasteiger partial charge in [-0.15, -0.1) is 0 Å². The van der Waals surface area contributed by atoms with E-state index in [0.29, 0.717) is 29.3 Å². The van der Waals surface area contributed by atoms with Gasteiger partial charge in [-0.25, -0.2) is 8.42 Å². The molecule has 1 N–H and O–H groups in total. The first-order valence-corrected chi connectivity index (χ1v) is 13.0. The van der Waals surface area contributed by atoms with E-state index in [9.17, 15) is 13.2 Å². The van der Waals surface area contributed by atoms with Crippen molar-refractivity contribution in [3.63, 3.8) is 0 Å². The number of methoxy groups -OCH3 is 2. The molecular formula is C25H35N3O5S. The minimum atomic E-state index is -3.82. The molecule has 3 rings (SSSR count). The molecule has 0 aliphatic carbocycles. The first-order chi connectivity index (χ1) is 16.3. The van der Waals surface area contributed by atoms with Crippen molar-refractivity contribution >= 4 is 21.6 Å². The average molecular weight is 490 g/mol. The van der Waals surface area contributed by atoms with Crippen molar-refractivity contribution < 1.29 is 22.7 Å². The van der Waals surface area contributed by atoms with Crippen LogP contribution in [0.3, 0.4) is 0 Å². The molecule has 0 unspecified atom stereocenters. The van der Waals surface area contributed by atoms with Crippen LogP contribution in [0.15, 0.2) is 47.4 Å². The monoisotopic (exact) mass is 489 g/mol. The molecule has 0 atom stereocenters. The highest BCUT2D eigenvalue weighted by Gasteiger charge is 2.23. The number of nitrogens with one attached hydrogen (secondary N) is 1. The van der Waals surface area contributed by atoms with Crippen molar-refractivity contribution in [2.24, 2.45) is 5.92 Å². The summed E-state index contributed by atoms with van der Waals surface area (Å²) in [6.45, 7) is 6.17. The fourth-order valence-corrected chi connectivity index (χ4v) is 5.20. The van der Waals surface area contributed by atoms with Crippen LogP contribution in [0.2, 0.25) is 0 Å². The summed E-state index contributed by atoms with van der Waals surface area (Å²) in [5.41, 5.74) is 0.943. The Balaban J connectivity index is 1.57. The first kappa shape index (κ1) is 25.8. The SMILES string of the molecule is COc1ccc(S(=O)(=O)N(C)c2ccc(C(=O)NCCCN3CCC(C)CC3)cc2)cc1OC. The Morgan fingerprint density at radius 1 is 1.06 bits per heavy atom. The van der Waals surface area contributed by atoms with Gasteiger partial charge in [0.15, 0.2) is 11.5 Å². The largest absolute Gasteiger partial charge is 0.493 e. The topological polar surface area (TPSA) is 88.2 Å². The van der Waals surface area contributed by atoms with Crippen molar-refractivity contribution in [1.29, 1.82) is 0 Å². The number of carbonyl (C=O) groups excluding carboxylic acids is 1. The van der Waals surface area contributed by atoms with Crippen molar-refractivity contribution in [3.05, 3.63) is 48.0 Å². The second-order valence-electron chi connectivity index (χ2n) is 8.67. The summed E-state index contributed by atoms with van der Waals surface area (Å²) in [5.74, 6) is 1.43. The fraction of sp³-hybridized carbons (Fsp3) is 0.480. The van der Waals surface area contributed by atoms with Gasteiger partial charge in [-0.3, -0.25) is 9.10 Å². The third kappa shape index (κ3) is 6.21. The molecule has 0 radical (unpaired) electrons. The maximum absolute atomic E-state index is 13.1. The summed E-state index contributed by atoms with van der Waals surface area (Å²) in [6.07, 6.45) is 3.40. The molecule has 34 heavy (non-hydrogen) atoms. The summed E-state index contributed by atoms with van der Waals surface area (Å²) >= 11 is 0. The lowest BCUT2D eigenvalue weighted by Crippen LogP contribution is -2.35. The molecule has 2 aromatic carbocycles. The van der Waals surface area contributed by atoms with E-state index in [1.165, 1.54) is 50.5 Å². The lowest BCUT2D eigenvalue weighted by molar-refractivity contribution is 0.0950. The van der Waals surface area contributed by atoms with Crippen LogP contribution in [0.25, 0.3) is 0 Å². The lowest BCUT2D eigenvalue weighted by atomic mass is 9.99. The van der Waals surface area contributed by atoms with Crippen LogP contribution in [-0.4, -0.2) is 66.7 Å². The Kier molecular flexibility index (Phi) is 8.79. The highest BCUT2D eigenvalue weighted by Crippen LogP contribution is 2.31. The number of benzene rings is 2. The maximum Gasteiger partial charge on any atom is 0.264 e. The van der Waals surface area contributed by atoms with Gasteiger partial charge < -0.3 is 19.7 Å². The van der Waals surface area contributed by atoms with Crippen LogP contribution in [0.4, 0.5) is 5.69 Å². The van der Waals surface area contributed by atoms with E-state index in [1.807, 2.05) is 0 Å². The summed E-state index contributed by atoms with van der Waals surface area (Å²) < 4.78 is 37.8. The molecule has 186 valence electrons. The smallest absolute Gasteiger partial charge is 0.264 e. The van der Waals surface area contributed by atoms with Gasteiger partial charge >= 0.3 is 0 Å². The summed E-state index contributed by atoms with van der Waals surface area (Å²) in [7, 11) is 0.598. The highest BCUT2D eigenvalue weighted by molar-refractivity contribution is 7.92. The van der Waals surface area contributed by atoms with E-state index in [1.54, 1.807) is 30.3 Å². The number of carbonyl (C=O) groups is 1. The van der Waals surface area contributed by atoms with Crippen LogP contribution in [0, 0.1) is 5.92 Å². The van der Waals surface area contributed by atoms with Gasteiger partial charge in [0.25, 0.3) is 15.9 Å². The molecule has 1 saturated heterocycles. The zero-order valence-electron chi connectivity index (χ0n) is 20.4. The van der Waals surface area contributed by atoms with Crippen molar-refractivity contribution in [2.75, 3.05) is 51.8 Å². The Hall–Kier alpha value is -2.78. The van der Waals surface area contributed by atoms with Crippen LogP contribution in [-0.2, 0) is 10.0 Å². The molecule has 0 spiro atoms. The number of rotatable bonds is 10. The number of anilines is 1. The second kappa shape index (κ2) is 11.6. The molecule has 0 saturated carbocycles. The van der Waals surface area contributed by atoms with Crippen LogP contribution >= 0.6 is 0 Å². The second-order valence-corrected chi connectivity index (χ2v) is 10.6. The van der Waals surface area contributed by atoms with E-state index in [2.05, 4.69) is 17.1 Å². The Labute approximate surface area is 202 Å². The fourth-order valence-electron chi connectivity index (χ4n) is 3.99. The third-order valence-corrected chi connectivity index (χ3v) is 8.10. The normalized spacial score (nSPS) is 15.1. The van der Waals surface area contributed by atoms with Crippen LogP contribution in [0.5, 0.6) is 11.5 Å². The number of hydrogen-bond acceptors (Lipinski definition) is 6. The molecular weight excluding hydrogens is 454 g/mol. The van der Waals surface area contributed by atoms with E-state index < -0.39 is 10.0 Å². The number of hydrogen-bond donors (Lipinski definition) is 1. The van der Waals surface area contributed by atoms with Gasteiger partial charge in [-0.1, -0.05) is 6.92 Å². The van der Waals surface area contributed by atoms with Crippen molar-refractivity contribution in [2.45, 2.75) is 31.1 Å². The molecule has 2 aromatic rings. The Bertz CT molecular complexity index is 1060. The molecule has 0 bridgehead atoms. The number of piperidine rings is 1. The van der Waals surface area contributed by atoms with Crippen molar-refractivity contribution in [3.8, 4) is 11.5 Å². The van der Waals surface area contributed by atoms with E-state index >= 15 is 0 Å². The van der Waals surface area contributed by atoms with Crippen LogP contribution < -0.4 is 19.1 Å². The molecule has 8 nitrogen and oxygen atoms in total. The molecule has 1 fully saturated rings. The zero-order valence-corrected chi connectivity index (χ0v) is 21.2. The van der Waals surface area contributed by atoms with Gasteiger partial charge in [0.05, 0.1) is 24.8 Å². The number of sulfonamides is 1. The molecule has 1 aliphatic rings. The predicted octanol–water partition coefficient (Wildman–Crippen LogP) is 3.38. The Morgan fingerprint density at radius 2 is 1.71 bits per heavy atom. The third-order valence-electron chi connectivity index (χ3n) is 6.32. The van der Waals surface area contributed by atoms with E-state index in [-0.39, 0.29) is 10.8 Å². The standard InChI is InChI=1S/C25H35N3O5S/c1-19-12-16-28(17-13-19)15-5-14-26-25(29)20-6-8-21(9-7-20)27(2)34(30,31)22-10-11-23(32-3)24(18-22)33-4/h6-11,18-19H,5,12-17H2,1-4H3,(H,26,29). The lowest BCUT2D eigenvalue weighted by Gasteiger charge is -2.30. The van der Waals surface area contributed by atoms with Gasteiger partial charge in [-0.05, 0) is 81.2 Å². The first-order valence-electron chi connectivity index (χ1n) is 11.6. The summed E-state index contributed by atoms with van der Waals surface area (Å²) in [4.78, 5) is 15.0. The van der Waals surface area contributed by atoms with Gasteiger partial charge in [0.1, 0.15) is 0 Å².